The first-order valence-corrected chi connectivity index (χ1v) is 26.5. The Morgan fingerprint density at radius 3 is 1.88 bits per heavy atom. The fourth-order valence-corrected chi connectivity index (χ4v) is 14.6. The molecule has 22 nitrogen and oxygen atoms in total. The lowest BCUT2D eigenvalue weighted by molar-refractivity contribution is -0.388. The quantitative estimate of drug-likeness (QED) is 0.0882. The minimum atomic E-state index is -1.75. The smallest absolute Gasteiger partial charge is 0.187 e. The lowest BCUT2D eigenvalue weighted by atomic mass is 9.46. The molecule has 418 valence electrons. The molecule has 0 spiro atoms. The van der Waals surface area contributed by atoms with E-state index in [1.165, 1.54) is 19.4 Å². The molecule has 5 heterocycles. The van der Waals surface area contributed by atoms with Crippen LogP contribution in [0.5, 0.6) is 0 Å². The van der Waals surface area contributed by atoms with Crippen molar-refractivity contribution >= 4 is 0 Å². The van der Waals surface area contributed by atoms with Gasteiger partial charge in [0.05, 0.1) is 38.1 Å². The fourth-order valence-electron chi connectivity index (χ4n) is 14.6. The van der Waals surface area contributed by atoms with Gasteiger partial charge in [0.2, 0.25) is 0 Å². The third-order valence-corrected chi connectivity index (χ3v) is 18.9. The van der Waals surface area contributed by atoms with Crippen LogP contribution < -0.4 is 0 Å². The van der Waals surface area contributed by atoms with Gasteiger partial charge >= 0.3 is 0 Å². The van der Waals surface area contributed by atoms with Gasteiger partial charge in [0.15, 0.2) is 25.2 Å². The van der Waals surface area contributed by atoms with E-state index < -0.39 is 148 Å². The van der Waals surface area contributed by atoms with Crippen molar-refractivity contribution in [3.63, 3.8) is 0 Å². The van der Waals surface area contributed by atoms with E-state index in [2.05, 4.69) is 19.9 Å². The van der Waals surface area contributed by atoms with E-state index >= 15 is 0 Å². The molecule has 22 heteroatoms. The van der Waals surface area contributed by atoms with Gasteiger partial charge in [0.1, 0.15) is 103 Å². The first-order chi connectivity index (χ1) is 34.4. The summed E-state index contributed by atoms with van der Waals surface area (Å²) in [6, 6.07) is 0. The number of allylic oxidation sites excluding steroid dienone is 2. The molecule has 13 N–H and O–H groups in total. The Balaban J connectivity index is 0.860. The van der Waals surface area contributed by atoms with E-state index in [1.54, 1.807) is 0 Å². The molecule has 0 bridgehead atoms. The second-order valence-electron chi connectivity index (χ2n) is 23.5. The van der Waals surface area contributed by atoms with Crippen molar-refractivity contribution in [3.8, 4) is 0 Å². The highest BCUT2D eigenvalue weighted by Crippen LogP contribution is 2.70. The Hall–Kier alpha value is -1.56. The largest absolute Gasteiger partial charge is 0.492 e. The highest BCUT2D eigenvalue weighted by atomic mass is 16.8. The fraction of sp³-hybridized carbons (Fsp3) is 0.922. The molecular formula is C51H82O22. The molecule has 5 saturated heterocycles. The third-order valence-electron chi connectivity index (χ3n) is 18.9. The summed E-state index contributed by atoms with van der Waals surface area (Å²) >= 11 is 0. The van der Waals surface area contributed by atoms with Gasteiger partial charge in [-0.15, -0.1) is 0 Å². The second-order valence-corrected chi connectivity index (χ2v) is 23.5. The minimum Gasteiger partial charge on any atom is -0.492 e. The molecule has 30 atom stereocenters. The van der Waals surface area contributed by atoms with Crippen LogP contribution in [-0.4, -0.2) is 227 Å². The molecule has 3 saturated carbocycles. The number of rotatable bonds is 13. The highest BCUT2D eigenvalue weighted by Gasteiger charge is 2.69. The van der Waals surface area contributed by atoms with Crippen LogP contribution in [0.15, 0.2) is 23.5 Å². The highest BCUT2D eigenvalue weighted by molar-refractivity contribution is 5.29. The summed E-state index contributed by atoms with van der Waals surface area (Å²) in [6.45, 7) is 10.3. The van der Waals surface area contributed by atoms with Crippen LogP contribution >= 0.6 is 0 Å². The number of aliphatic hydroxyl groups excluding tert-OH is 12. The second kappa shape index (κ2) is 21.6. The monoisotopic (exact) mass is 1050 g/mol. The van der Waals surface area contributed by atoms with Gasteiger partial charge in [-0.3, -0.25) is 0 Å². The molecule has 0 aromatic carbocycles. The molecule has 8 fully saturated rings. The zero-order chi connectivity index (χ0) is 52.8. The molecular weight excluding hydrogens is 965 g/mol. The first-order valence-electron chi connectivity index (χ1n) is 26.5. The number of fused-ring (bicyclic) bond motifs is 7. The average molecular weight is 1050 g/mol. The van der Waals surface area contributed by atoms with Crippen molar-refractivity contribution in [1.29, 1.82) is 0 Å². The molecule has 73 heavy (non-hydrogen) atoms. The van der Waals surface area contributed by atoms with Crippen LogP contribution in [0.2, 0.25) is 0 Å². The summed E-state index contributed by atoms with van der Waals surface area (Å²) in [6.07, 6.45) is -19.4. The van der Waals surface area contributed by atoms with Crippen molar-refractivity contribution < 1.29 is 109 Å². The maximum Gasteiger partial charge on any atom is 0.187 e. The summed E-state index contributed by atoms with van der Waals surface area (Å²) in [4.78, 5) is 0. The molecule has 0 amide bonds. The van der Waals surface area contributed by atoms with Gasteiger partial charge in [0, 0.05) is 5.92 Å². The standard InChI is InChI=1S/C51H82O22/c1-20(19-65-45-38(60)37(59)34(56)29(17-52)70-45)7-10-31-51(6,64)44-28(69-31)16-27-25-9-8-23-15-24(11-13-49(23,4)26(25)12-14-50(27,44)5)68-48-43(73-47-40(62)36(58)33(55)22(3)67-47)41(63)42(30(18-53)71-48)72-46-39(61)35(57)32(54)21(2)66-46/h8,10,20-22,24-30,32-48,52-64H,7,9,11-19H2,1-6H3. The number of hydrogen-bond donors (Lipinski definition) is 13. The van der Waals surface area contributed by atoms with E-state index in [0.717, 1.165) is 32.1 Å². The summed E-state index contributed by atoms with van der Waals surface area (Å²) in [7, 11) is 0. The average Bonchev–Trinajstić information content (AvgIpc) is 3.82. The maximum absolute atomic E-state index is 12.3. The van der Waals surface area contributed by atoms with Crippen LogP contribution in [0, 0.1) is 40.4 Å². The van der Waals surface area contributed by atoms with Crippen LogP contribution in [0.4, 0.5) is 0 Å². The SMILES string of the molecule is CC(CC=C1OC2CC3C4CC=C5CC(OC6OC(CO)C(OC7OC(C)C(O)C(O)C7O)C(O)C6OC6OC(C)C(O)C(O)C6O)CCC5(C)C4CCC3(C)C2C1(C)O)COC1OC(CO)C(O)C(O)C1O. The van der Waals surface area contributed by atoms with E-state index in [4.69, 9.17) is 42.6 Å². The zero-order valence-corrected chi connectivity index (χ0v) is 42.5. The van der Waals surface area contributed by atoms with E-state index in [0.29, 0.717) is 42.8 Å². The molecule has 9 aliphatic rings. The Morgan fingerprint density at radius 1 is 0.658 bits per heavy atom. The lowest BCUT2D eigenvalue weighted by Crippen LogP contribution is -2.66. The summed E-state index contributed by atoms with van der Waals surface area (Å²) in [5.74, 6) is 1.30. The Kier molecular flexibility index (Phi) is 16.6. The summed E-state index contributed by atoms with van der Waals surface area (Å²) in [5.41, 5.74) is -0.343. The van der Waals surface area contributed by atoms with E-state index in [9.17, 15) is 66.4 Å². The number of ether oxygens (including phenoxy) is 9. The molecule has 4 aliphatic carbocycles. The predicted octanol–water partition coefficient (Wildman–Crippen LogP) is -2.06. The molecule has 9 rings (SSSR count). The van der Waals surface area contributed by atoms with Crippen LogP contribution in [0.3, 0.4) is 0 Å². The van der Waals surface area contributed by atoms with Gasteiger partial charge < -0.3 is 109 Å². The normalized spacial score (nSPS) is 54.9. The Morgan fingerprint density at radius 2 is 1.25 bits per heavy atom. The molecule has 30 unspecified atom stereocenters. The maximum atomic E-state index is 12.3. The van der Waals surface area contributed by atoms with Gasteiger partial charge in [-0.05, 0) is 113 Å². The van der Waals surface area contributed by atoms with Crippen LogP contribution in [-0.2, 0) is 42.6 Å². The van der Waals surface area contributed by atoms with Gasteiger partial charge in [0.25, 0.3) is 0 Å². The predicted molar refractivity (Wildman–Crippen MR) is 249 cm³/mol. The van der Waals surface area contributed by atoms with Gasteiger partial charge in [-0.2, -0.15) is 0 Å². The zero-order valence-electron chi connectivity index (χ0n) is 42.5. The Bertz CT molecular complexity index is 1960. The summed E-state index contributed by atoms with van der Waals surface area (Å²) in [5, 5.41) is 139. The number of hydrogen-bond acceptors (Lipinski definition) is 22. The Labute approximate surface area is 425 Å². The molecule has 0 radical (unpaired) electrons. The van der Waals surface area contributed by atoms with Gasteiger partial charge in [-0.1, -0.05) is 32.4 Å². The van der Waals surface area contributed by atoms with Crippen molar-refractivity contribution in [3.05, 3.63) is 23.5 Å². The topological polar surface area (TPSA) is 346 Å². The molecule has 5 aliphatic heterocycles. The third kappa shape index (κ3) is 10.0. The lowest BCUT2D eigenvalue weighted by Gasteiger charge is -2.58. The van der Waals surface area contributed by atoms with E-state index in [1.807, 2.05) is 19.9 Å². The van der Waals surface area contributed by atoms with Crippen molar-refractivity contribution in [2.24, 2.45) is 40.4 Å². The molecule has 0 aromatic rings. The van der Waals surface area contributed by atoms with Crippen molar-refractivity contribution in [1.82, 2.24) is 0 Å². The van der Waals surface area contributed by atoms with Gasteiger partial charge in [-0.25, -0.2) is 0 Å². The summed E-state index contributed by atoms with van der Waals surface area (Å²) < 4.78 is 54.5. The van der Waals surface area contributed by atoms with Crippen LogP contribution in [0.1, 0.15) is 92.9 Å². The van der Waals surface area contributed by atoms with E-state index in [-0.39, 0.29) is 35.4 Å². The first kappa shape index (κ1) is 56.2. The van der Waals surface area contributed by atoms with Crippen molar-refractivity contribution in [2.45, 2.75) is 234 Å². The van der Waals surface area contributed by atoms with Crippen molar-refractivity contribution in [2.75, 3.05) is 19.8 Å². The minimum absolute atomic E-state index is 0.0981. The number of aliphatic hydroxyl groups is 13. The molecule has 0 aromatic heterocycles. The van der Waals surface area contributed by atoms with Crippen LogP contribution in [0.25, 0.3) is 0 Å².